The third-order valence-corrected chi connectivity index (χ3v) is 8.87. The average Bonchev–Trinajstić information content (AvgIpc) is 2.80. The zero-order valence-electron chi connectivity index (χ0n) is 21.4. The highest BCUT2D eigenvalue weighted by Gasteiger charge is 2.69. The minimum absolute atomic E-state index is 0.128. The molecule has 34 heavy (non-hydrogen) atoms. The van der Waals surface area contributed by atoms with E-state index < -0.39 is 12.2 Å². The standard InChI is InChI=1S/C30H38O4/c1-27(2,3)29-17-19-30(20-18-29,28(4,5)6)24(34-26(32)22-15-11-8-12-16-22)23(29)33-25(31)21-13-9-7-10-14-21/h7-16,23-24H,17-20H2,1-6H3. The molecule has 4 nitrogen and oxygen atoms in total. The largest absolute Gasteiger partial charge is 0.454 e. The molecule has 0 aromatic heterocycles. The van der Waals surface area contributed by atoms with Crippen molar-refractivity contribution in [3.05, 3.63) is 71.8 Å². The van der Waals surface area contributed by atoms with Gasteiger partial charge in [-0.2, -0.15) is 0 Å². The van der Waals surface area contributed by atoms with E-state index in [1.165, 1.54) is 0 Å². The molecule has 2 unspecified atom stereocenters. The van der Waals surface area contributed by atoms with Gasteiger partial charge in [-0.1, -0.05) is 77.9 Å². The summed E-state index contributed by atoms with van der Waals surface area (Å²) in [6.07, 6.45) is 2.74. The highest BCUT2D eigenvalue weighted by Crippen LogP contribution is 2.69. The number of rotatable bonds is 4. The van der Waals surface area contributed by atoms with E-state index in [-0.39, 0.29) is 33.6 Å². The minimum Gasteiger partial charge on any atom is -0.454 e. The topological polar surface area (TPSA) is 52.6 Å². The van der Waals surface area contributed by atoms with Crippen LogP contribution in [0.15, 0.2) is 60.7 Å². The number of ether oxygens (including phenoxy) is 2. The monoisotopic (exact) mass is 462 g/mol. The Morgan fingerprint density at radius 2 is 0.912 bits per heavy atom. The van der Waals surface area contributed by atoms with E-state index in [9.17, 15) is 9.59 Å². The molecule has 2 atom stereocenters. The summed E-state index contributed by atoms with van der Waals surface area (Å²) in [4.78, 5) is 26.7. The molecule has 0 spiro atoms. The molecule has 5 rings (SSSR count). The van der Waals surface area contributed by atoms with Gasteiger partial charge in [0.2, 0.25) is 0 Å². The third kappa shape index (κ3) is 3.95. The molecule has 0 aliphatic heterocycles. The quantitative estimate of drug-likeness (QED) is 0.455. The summed E-state index contributed by atoms with van der Waals surface area (Å²) in [7, 11) is 0. The lowest BCUT2D eigenvalue weighted by molar-refractivity contribution is -0.257. The molecule has 2 bridgehead atoms. The van der Waals surface area contributed by atoms with E-state index in [1.54, 1.807) is 24.3 Å². The van der Waals surface area contributed by atoms with E-state index in [0.717, 1.165) is 25.7 Å². The summed E-state index contributed by atoms with van der Waals surface area (Å²) in [6.45, 7) is 13.3. The van der Waals surface area contributed by atoms with Crippen LogP contribution >= 0.6 is 0 Å². The smallest absolute Gasteiger partial charge is 0.338 e. The number of hydrogen-bond acceptors (Lipinski definition) is 4. The zero-order chi connectivity index (χ0) is 24.8. The molecule has 182 valence electrons. The Bertz CT molecular complexity index is 933. The van der Waals surface area contributed by atoms with Gasteiger partial charge in [0.15, 0.2) is 0 Å². The zero-order valence-corrected chi connectivity index (χ0v) is 21.4. The fourth-order valence-corrected chi connectivity index (χ4v) is 6.51. The second kappa shape index (κ2) is 8.55. The first kappa shape index (κ1) is 24.5. The van der Waals surface area contributed by atoms with E-state index in [1.807, 2.05) is 36.4 Å². The second-order valence-electron chi connectivity index (χ2n) is 12.2. The Morgan fingerprint density at radius 1 is 0.618 bits per heavy atom. The van der Waals surface area contributed by atoms with Crippen LogP contribution in [-0.4, -0.2) is 24.1 Å². The number of hydrogen-bond donors (Lipinski definition) is 0. The predicted molar refractivity (Wildman–Crippen MR) is 134 cm³/mol. The van der Waals surface area contributed by atoms with Crippen LogP contribution in [0.3, 0.4) is 0 Å². The first-order valence-electron chi connectivity index (χ1n) is 12.4. The Kier molecular flexibility index (Phi) is 6.16. The van der Waals surface area contributed by atoms with Crippen molar-refractivity contribution in [2.45, 2.75) is 79.4 Å². The molecule has 0 saturated heterocycles. The molecule has 0 N–H and O–H groups in total. The van der Waals surface area contributed by atoms with Crippen LogP contribution in [0.1, 0.15) is 87.9 Å². The van der Waals surface area contributed by atoms with Gasteiger partial charge in [0.1, 0.15) is 12.2 Å². The molecule has 3 saturated carbocycles. The van der Waals surface area contributed by atoms with Crippen LogP contribution in [0, 0.1) is 21.7 Å². The molecule has 3 aliphatic carbocycles. The average molecular weight is 463 g/mol. The van der Waals surface area contributed by atoms with Crippen molar-refractivity contribution >= 4 is 11.9 Å². The first-order valence-corrected chi connectivity index (χ1v) is 12.4. The molecule has 3 fully saturated rings. The van der Waals surface area contributed by atoms with Crippen LogP contribution in [-0.2, 0) is 9.47 Å². The van der Waals surface area contributed by atoms with Gasteiger partial charge in [-0.3, -0.25) is 0 Å². The van der Waals surface area contributed by atoms with E-state index in [2.05, 4.69) is 41.5 Å². The van der Waals surface area contributed by atoms with Crippen LogP contribution in [0.4, 0.5) is 0 Å². The van der Waals surface area contributed by atoms with Gasteiger partial charge in [0.05, 0.1) is 11.1 Å². The molecule has 0 amide bonds. The lowest BCUT2D eigenvalue weighted by atomic mass is 9.40. The highest BCUT2D eigenvalue weighted by molar-refractivity contribution is 5.90. The van der Waals surface area contributed by atoms with E-state index >= 15 is 0 Å². The molecule has 0 heterocycles. The van der Waals surface area contributed by atoms with Crippen LogP contribution in [0.2, 0.25) is 0 Å². The number of benzene rings is 2. The summed E-state index contributed by atoms with van der Waals surface area (Å²) < 4.78 is 12.8. The lowest BCUT2D eigenvalue weighted by Gasteiger charge is -2.67. The number of carbonyl (C=O) groups excluding carboxylic acids is 2. The first-order chi connectivity index (χ1) is 15.9. The summed E-state index contributed by atoms with van der Waals surface area (Å²) >= 11 is 0. The Morgan fingerprint density at radius 3 is 1.18 bits per heavy atom. The maximum atomic E-state index is 13.4. The Hall–Kier alpha value is -2.62. The summed E-state index contributed by atoms with van der Waals surface area (Å²) in [6, 6.07) is 18.2. The molecule has 0 radical (unpaired) electrons. The Labute approximate surface area is 204 Å². The van der Waals surface area contributed by atoms with Crippen molar-refractivity contribution in [1.29, 1.82) is 0 Å². The van der Waals surface area contributed by atoms with Crippen molar-refractivity contribution in [3.63, 3.8) is 0 Å². The molecule has 4 heteroatoms. The van der Waals surface area contributed by atoms with E-state index in [0.29, 0.717) is 11.1 Å². The number of esters is 2. The summed E-state index contributed by atoms with van der Waals surface area (Å²) in [5, 5.41) is 0. The van der Waals surface area contributed by atoms with Gasteiger partial charge in [-0.05, 0) is 60.8 Å². The van der Waals surface area contributed by atoms with Crippen molar-refractivity contribution in [2.75, 3.05) is 0 Å². The second-order valence-corrected chi connectivity index (χ2v) is 12.2. The maximum Gasteiger partial charge on any atom is 0.338 e. The summed E-state index contributed by atoms with van der Waals surface area (Å²) in [5.74, 6) is -0.710. The normalized spacial score (nSPS) is 28.9. The molecule has 2 aromatic rings. The summed E-state index contributed by atoms with van der Waals surface area (Å²) in [5.41, 5.74) is 0.238. The van der Waals surface area contributed by atoms with Crippen LogP contribution in [0.25, 0.3) is 0 Å². The van der Waals surface area contributed by atoms with Gasteiger partial charge in [0.25, 0.3) is 0 Å². The van der Waals surface area contributed by atoms with Gasteiger partial charge in [-0.25, -0.2) is 9.59 Å². The van der Waals surface area contributed by atoms with Crippen LogP contribution < -0.4 is 0 Å². The molecule has 3 aliphatic rings. The van der Waals surface area contributed by atoms with E-state index in [4.69, 9.17) is 9.47 Å². The maximum absolute atomic E-state index is 13.4. The fraction of sp³-hybridized carbons (Fsp3) is 0.533. The SMILES string of the molecule is CC(C)(C)C12CCC(C(C)(C)C)(CC1)C(OC(=O)c1ccccc1)C2OC(=O)c1ccccc1. The Balaban J connectivity index is 1.80. The minimum atomic E-state index is -0.519. The van der Waals surface area contributed by atoms with Gasteiger partial charge in [0, 0.05) is 10.8 Å². The lowest BCUT2D eigenvalue weighted by Crippen LogP contribution is -2.69. The fourth-order valence-electron chi connectivity index (χ4n) is 6.51. The number of carbonyl (C=O) groups is 2. The molecular weight excluding hydrogens is 424 g/mol. The molecular formula is C30H38O4. The van der Waals surface area contributed by atoms with Gasteiger partial charge < -0.3 is 9.47 Å². The van der Waals surface area contributed by atoms with Crippen molar-refractivity contribution < 1.29 is 19.1 Å². The van der Waals surface area contributed by atoms with Crippen molar-refractivity contribution in [3.8, 4) is 0 Å². The third-order valence-electron chi connectivity index (χ3n) is 8.87. The van der Waals surface area contributed by atoms with Crippen molar-refractivity contribution in [2.24, 2.45) is 21.7 Å². The van der Waals surface area contributed by atoms with Gasteiger partial charge >= 0.3 is 11.9 Å². The van der Waals surface area contributed by atoms with Crippen molar-refractivity contribution in [1.82, 2.24) is 0 Å². The van der Waals surface area contributed by atoms with Crippen LogP contribution in [0.5, 0.6) is 0 Å². The molecule has 2 aromatic carbocycles. The highest BCUT2D eigenvalue weighted by atomic mass is 16.6. The number of fused-ring (bicyclic) bond motifs is 3. The predicted octanol–water partition coefficient (Wildman–Crippen LogP) is 7.09. The van der Waals surface area contributed by atoms with Gasteiger partial charge in [-0.15, -0.1) is 0 Å².